The Labute approximate surface area is 195 Å². The lowest BCUT2D eigenvalue weighted by molar-refractivity contribution is 0.0746. The Bertz CT molecular complexity index is 1060. The van der Waals surface area contributed by atoms with Crippen molar-refractivity contribution in [3.8, 4) is 0 Å². The van der Waals surface area contributed by atoms with E-state index in [1.165, 1.54) is 16.8 Å². The molecule has 6 nitrogen and oxygen atoms in total. The maximum Gasteiger partial charge on any atom is 0.255 e. The molecule has 0 radical (unpaired) electrons. The predicted molar refractivity (Wildman–Crippen MR) is 133 cm³/mol. The van der Waals surface area contributed by atoms with Gasteiger partial charge in [0.15, 0.2) is 0 Å². The van der Waals surface area contributed by atoms with Gasteiger partial charge in [-0.25, -0.2) is 4.98 Å². The van der Waals surface area contributed by atoms with Crippen LogP contribution in [0.4, 0.5) is 11.5 Å². The van der Waals surface area contributed by atoms with Gasteiger partial charge in [-0.15, -0.1) is 0 Å². The summed E-state index contributed by atoms with van der Waals surface area (Å²) >= 11 is 0. The van der Waals surface area contributed by atoms with E-state index in [1.807, 2.05) is 23.1 Å². The molecule has 5 rings (SSSR count). The van der Waals surface area contributed by atoms with Crippen LogP contribution in [0.15, 0.2) is 72.9 Å². The molecule has 1 aromatic heterocycles. The van der Waals surface area contributed by atoms with E-state index in [-0.39, 0.29) is 11.9 Å². The van der Waals surface area contributed by atoms with Crippen LogP contribution >= 0.6 is 0 Å². The topological polar surface area (TPSA) is 51.7 Å². The number of anilines is 2. The van der Waals surface area contributed by atoms with Gasteiger partial charge >= 0.3 is 0 Å². The molecular formula is C27H31N5O. The molecule has 3 aromatic rings. The Morgan fingerprint density at radius 1 is 0.879 bits per heavy atom. The van der Waals surface area contributed by atoms with Gasteiger partial charge in [-0.2, -0.15) is 0 Å². The van der Waals surface area contributed by atoms with Crippen LogP contribution in [-0.4, -0.2) is 61.6 Å². The molecule has 1 atom stereocenters. The van der Waals surface area contributed by atoms with Crippen LogP contribution in [0.1, 0.15) is 27.5 Å². The first kappa shape index (κ1) is 21.5. The van der Waals surface area contributed by atoms with Crippen molar-refractivity contribution < 1.29 is 4.79 Å². The Morgan fingerprint density at radius 3 is 2.33 bits per heavy atom. The van der Waals surface area contributed by atoms with Gasteiger partial charge in [0.2, 0.25) is 0 Å². The van der Waals surface area contributed by atoms with Crippen LogP contribution in [0.5, 0.6) is 0 Å². The summed E-state index contributed by atoms with van der Waals surface area (Å²) in [6.07, 6.45) is 1.74. The van der Waals surface area contributed by atoms with Crippen LogP contribution in [0.3, 0.4) is 0 Å². The number of carbonyl (C=O) groups is 1. The molecule has 2 aliphatic rings. The number of piperazine rings is 2. The Hall–Kier alpha value is -3.38. The van der Waals surface area contributed by atoms with Gasteiger partial charge in [-0.1, -0.05) is 48.0 Å². The molecule has 1 N–H and O–H groups in total. The van der Waals surface area contributed by atoms with Gasteiger partial charge < -0.3 is 20.0 Å². The van der Waals surface area contributed by atoms with Crippen LogP contribution in [0.25, 0.3) is 0 Å². The van der Waals surface area contributed by atoms with E-state index >= 15 is 0 Å². The molecular weight excluding hydrogens is 410 g/mol. The van der Waals surface area contributed by atoms with E-state index in [0.29, 0.717) is 5.56 Å². The van der Waals surface area contributed by atoms with Crippen molar-refractivity contribution in [2.24, 2.45) is 0 Å². The van der Waals surface area contributed by atoms with Crippen LogP contribution in [-0.2, 0) is 0 Å². The van der Waals surface area contributed by atoms with Crippen molar-refractivity contribution in [1.29, 1.82) is 0 Å². The van der Waals surface area contributed by atoms with Gasteiger partial charge in [0.25, 0.3) is 5.91 Å². The zero-order valence-electron chi connectivity index (χ0n) is 19.2. The number of nitrogens with one attached hydrogen (secondary N) is 1. The first-order valence-corrected chi connectivity index (χ1v) is 11.8. The number of nitrogens with zero attached hydrogens (tertiary/aromatic N) is 4. The van der Waals surface area contributed by atoms with Crippen LogP contribution < -0.4 is 15.1 Å². The fourth-order valence-electron chi connectivity index (χ4n) is 4.67. The average molecular weight is 442 g/mol. The maximum atomic E-state index is 13.1. The second-order valence-electron chi connectivity index (χ2n) is 8.88. The smallest absolute Gasteiger partial charge is 0.255 e. The van der Waals surface area contributed by atoms with Crippen molar-refractivity contribution >= 4 is 17.4 Å². The van der Waals surface area contributed by atoms with Crippen LogP contribution in [0.2, 0.25) is 0 Å². The van der Waals surface area contributed by atoms with Crippen molar-refractivity contribution in [3.63, 3.8) is 0 Å². The van der Waals surface area contributed by atoms with Crippen molar-refractivity contribution in [2.45, 2.75) is 13.0 Å². The SMILES string of the molecule is Cc1ccc(N2CCN(C(=O)c3ccc(N4CCN[C@@H](c5ccccc5)C4)nc3)CC2)cc1. The van der Waals surface area contributed by atoms with Gasteiger partial charge in [-0.05, 0) is 36.8 Å². The zero-order valence-corrected chi connectivity index (χ0v) is 19.2. The first-order chi connectivity index (χ1) is 16.2. The lowest BCUT2D eigenvalue weighted by Crippen LogP contribution is -2.48. The largest absolute Gasteiger partial charge is 0.368 e. The minimum Gasteiger partial charge on any atom is -0.368 e. The third-order valence-corrected chi connectivity index (χ3v) is 6.66. The summed E-state index contributed by atoms with van der Waals surface area (Å²) in [6.45, 7) is 7.94. The van der Waals surface area contributed by atoms with E-state index in [1.54, 1.807) is 6.20 Å². The highest BCUT2D eigenvalue weighted by Gasteiger charge is 2.24. The zero-order chi connectivity index (χ0) is 22.6. The number of hydrogen-bond donors (Lipinski definition) is 1. The number of pyridine rings is 1. The number of rotatable bonds is 4. The van der Waals surface area contributed by atoms with E-state index < -0.39 is 0 Å². The van der Waals surface area contributed by atoms with Gasteiger partial charge in [0.05, 0.1) is 5.56 Å². The molecule has 0 unspecified atom stereocenters. The third kappa shape index (κ3) is 4.86. The number of amides is 1. The quantitative estimate of drug-likeness (QED) is 0.672. The van der Waals surface area contributed by atoms with E-state index in [9.17, 15) is 4.79 Å². The summed E-state index contributed by atoms with van der Waals surface area (Å²) in [7, 11) is 0. The molecule has 6 heteroatoms. The van der Waals surface area contributed by atoms with Crippen molar-refractivity contribution in [2.75, 3.05) is 55.6 Å². The van der Waals surface area contributed by atoms with Crippen LogP contribution in [0, 0.1) is 6.92 Å². The summed E-state index contributed by atoms with van der Waals surface area (Å²) in [5.74, 6) is 0.998. The molecule has 2 aromatic carbocycles. The lowest BCUT2D eigenvalue weighted by Gasteiger charge is -2.36. The fourth-order valence-corrected chi connectivity index (χ4v) is 4.67. The molecule has 0 bridgehead atoms. The Balaban J connectivity index is 1.19. The second-order valence-corrected chi connectivity index (χ2v) is 8.88. The second kappa shape index (κ2) is 9.63. The van der Waals surface area contributed by atoms with E-state index in [4.69, 9.17) is 0 Å². The maximum absolute atomic E-state index is 13.1. The summed E-state index contributed by atoms with van der Waals surface area (Å²) in [5, 5.41) is 3.59. The Morgan fingerprint density at radius 2 is 1.64 bits per heavy atom. The predicted octanol–water partition coefficient (Wildman–Crippen LogP) is 3.50. The molecule has 170 valence electrons. The summed E-state index contributed by atoms with van der Waals surface area (Å²) in [4.78, 5) is 24.3. The number of benzene rings is 2. The monoisotopic (exact) mass is 441 g/mol. The molecule has 2 aliphatic heterocycles. The Kier molecular flexibility index (Phi) is 6.26. The number of hydrogen-bond acceptors (Lipinski definition) is 5. The summed E-state index contributed by atoms with van der Waals surface area (Å²) in [5.41, 5.74) is 4.44. The standard InChI is InChI=1S/C27H31N5O/c1-21-7-10-24(11-8-21)30-15-17-31(18-16-30)27(33)23-9-12-26(29-19-23)32-14-13-28-25(20-32)22-5-3-2-4-6-22/h2-12,19,25,28H,13-18,20H2,1H3/t25-/m1/s1. The highest BCUT2D eigenvalue weighted by atomic mass is 16.2. The third-order valence-electron chi connectivity index (χ3n) is 6.66. The number of carbonyl (C=O) groups excluding carboxylic acids is 1. The highest BCUT2D eigenvalue weighted by molar-refractivity contribution is 5.94. The van der Waals surface area contributed by atoms with Gasteiger partial charge in [-0.3, -0.25) is 4.79 Å². The first-order valence-electron chi connectivity index (χ1n) is 11.8. The van der Waals surface area contributed by atoms with E-state index in [2.05, 4.69) is 75.6 Å². The lowest BCUT2D eigenvalue weighted by atomic mass is 10.0. The minimum absolute atomic E-state index is 0.0695. The van der Waals surface area contributed by atoms with Gasteiger partial charge in [0, 0.05) is 63.7 Å². The molecule has 33 heavy (non-hydrogen) atoms. The molecule has 0 spiro atoms. The summed E-state index contributed by atoms with van der Waals surface area (Å²) < 4.78 is 0. The normalized spacial score (nSPS) is 18.9. The number of aromatic nitrogens is 1. The van der Waals surface area contributed by atoms with E-state index in [0.717, 1.165) is 51.6 Å². The highest BCUT2D eigenvalue weighted by Crippen LogP contribution is 2.22. The molecule has 3 heterocycles. The van der Waals surface area contributed by atoms with Gasteiger partial charge in [0.1, 0.15) is 5.82 Å². The van der Waals surface area contributed by atoms with Crippen molar-refractivity contribution in [3.05, 3.63) is 89.6 Å². The molecule has 2 saturated heterocycles. The molecule has 0 aliphatic carbocycles. The average Bonchev–Trinajstić information content (AvgIpc) is 2.89. The fraction of sp³-hybridized carbons (Fsp3) is 0.333. The molecule has 2 fully saturated rings. The molecule has 1 amide bonds. The molecule has 0 saturated carbocycles. The van der Waals surface area contributed by atoms with Crippen molar-refractivity contribution in [1.82, 2.24) is 15.2 Å². The summed E-state index contributed by atoms with van der Waals surface area (Å²) in [6, 6.07) is 23.3. The minimum atomic E-state index is 0.0695. The number of aryl methyl sites for hydroxylation is 1.